The van der Waals surface area contributed by atoms with Crippen LogP contribution in [0, 0.1) is 12.8 Å². The van der Waals surface area contributed by atoms with Gasteiger partial charge in [-0.15, -0.1) is 0 Å². The largest absolute Gasteiger partial charge is 0.370 e. The Kier molecular flexibility index (Phi) is 3.99. The number of aromatic nitrogens is 3. The molecule has 2 fully saturated rings. The van der Waals surface area contributed by atoms with Crippen molar-refractivity contribution in [3.8, 4) is 0 Å². The summed E-state index contributed by atoms with van der Waals surface area (Å²) in [4.78, 5) is 11.3. The molecule has 0 aromatic carbocycles. The first kappa shape index (κ1) is 14.6. The number of aryl methyl sites for hydroxylation is 1. The van der Waals surface area contributed by atoms with Crippen molar-refractivity contribution < 1.29 is 4.52 Å². The van der Waals surface area contributed by atoms with Crippen LogP contribution < -0.4 is 5.32 Å². The normalized spacial score (nSPS) is 21.7. The number of anilines is 1. The lowest BCUT2D eigenvalue weighted by Crippen LogP contribution is -2.23. The lowest BCUT2D eigenvalue weighted by molar-refractivity contribution is 0.300. The van der Waals surface area contributed by atoms with E-state index in [1.807, 2.05) is 12.3 Å². The average molecular weight is 313 g/mol. The van der Waals surface area contributed by atoms with Crippen LogP contribution in [0.3, 0.4) is 0 Å². The van der Waals surface area contributed by atoms with Crippen molar-refractivity contribution in [3.63, 3.8) is 0 Å². The van der Waals surface area contributed by atoms with Gasteiger partial charge in [-0.05, 0) is 50.3 Å². The molecule has 2 aromatic rings. The molecule has 0 spiro atoms. The summed E-state index contributed by atoms with van der Waals surface area (Å²) in [5, 5.41) is 7.55. The molecular weight excluding hydrogens is 290 g/mol. The van der Waals surface area contributed by atoms with Crippen LogP contribution >= 0.6 is 0 Å². The monoisotopic (exact) mass is 313 g/mol. The highest BCUT2D eigenvalue weighted by molar-refractivity contribution is 5.35. The topological polar surface area (TPSA) is 67.1 Å². The Hall–Kier alpha value is -1.95. The number of hydrogen-bond acceptors (Lipinski definition) is 6. The first-order chi connectivity index (χ1) is 11.3. The molecule has 1 saturated heterocycles. The Morgan fingerprint density at radius 2 is 2.22 bits per heavy atom. The van der Waals surface area contributed by atoms with Crippen molar-refractivity contribution in [1.82, 2.24) is 20.0 Å². The Balaban J connectivity index is 1.24. The van der Waals surface area contributed by atoms with Crippen molar-refractivity contribution in [1.29, 1.82) is 0 Å². The van der Waals surface area contributed by atoms with Gasteiger partial charge in [-0.2, -0.15) is 4.98 Å². The number of nitrogens with zero attached hydrogens (tertiary/aromatic N) is 4. The standard InChI is InChI=1S/C17H23N5O/c1-12-2-5-15(18-8-12)19-9-13-6-7-22(10-13)11-16-20-17(23-21-16)14-3-4-14/h2,5,8,13-14H,3-4,6-7,9-11H2,1H3,(H,18,19)/t13-/m1/s1. The van der Waals surface area contributed by atoms with E-state index in [0.29, 0.717) is 11.8 Å². The van der Waals surface area contributed by atoms with Crippen molar-refractivity contribution >= 4 is 5.82 Å². The molecule has 0 unspecified atom stereocenters. The zero-order valence-electron chi connectivity index (χ0n) is 13.5. The quantitative estimate of drug-likeness (QED) is 0.884. The molecule has 23 heavy (non-hydrogen) atoms. The first-order valence-corrected chi connectivity index (χ1v) is 8.47. The summed E-state index contributed by atoms with van der Waals surface area (Å²) < 4.78 is 5.33. The van der Waals surface area contributed by atoms with Crippen LogP contribution in [-0.4, -0.2) is 39.7 Å². The van der Waals surface area contributed by atoms with Gasteiger partial charge in [0.05, 0.1) is 6.54 Å². The third-order valence-electron chi connectivity index (χ3n) is 4.63. The van der Waals surface area contributed by atoms with Crippen LogP contribution in [0.2, 0.25) is 0 Å². The van der Waals surface area contributed by atoms with E-state index in [1.165, 1.54) is 24.8 Å². The molecule has 1 aliphatic carbocycles. The smallest absolute Gasteiger partial charge is 0.229 e. The molecule has 2 aliphatic rings. The molecule has 0 bridgehead atoms. The maximum absolute atomic E-state index is 5.33. The minimum atomic E-state index is 0.536. The number of rotatable bonds is 6. The lowest BCUT2D eigenvalue weighted by Gasteiger charge is -2.14. The molecule has 0 radical (unpaired) electrons. The van der Waals surface area contributed by atoms with Gasteiger partial charge in [-0.3, -0.25) is 4.90 Å². The Labute approximate surface area is 136 Å². The van der Waals surface area contributed by atoms with Gasteiger partial charge in [0.1, 0.15) is 5.82 Å². The van der Waals surface area contributed by atoms with Gasteiger partial charge in [-0.1, -0.05) is 11.2 Å². The van der Waals surface area contributed by atoms with E-state index in [4.69, 9.17) is 4.52 Å². The van der Waals surface area contributed by atoms with Gasteiger partial charge in [-0.25, -0.2) is 4.98 Å². The molecule has 1 saturated carbocycles. The van der Waals surface area contributed by atoms with Gasteiger partial charge in [0, 0.05) is 25.2 Å². The molecule has 4 rings (SSSR count). The van der Waals surface area contributed by atoms with E-state index >= 15 is 0 Å². The maximum atomic E-state index is 5.33. The second-order valence-corrected chi connectivity index (χ2v) is 6.81. The Morgan fingerprint density at radius 3 is 3.00 bits per heavy atom. The summed E-state index contributed by atoms with van der Waals surface area (Å²) in [5.74, 6) is 3.81. The highest BCUT2D eigenvalue weighted by Crippen LogP contribution is 2.38. The van der Waals surface area contributed by atoms with E-state index < -0.39 is 0 Å². The van der Waals surface area contributed by atoms with Gasteiger partial charge in [0.2, 0.25) is 5.89 Å². The minimum Gasteiger partial charge on any atom is -0.370 e. The second kappa shape index (κ2) is 6.28. The number of hydrogen-bond donors (Lipinski definition) is 1. The molecule has 1 atom stereocenters. The summed E-state index contributed by atoms with van der Waals surface area (Å²) in [6, 6.07) is 4.13. The van der Waals surface area contributed by atoms with Crippen molar-refractivity contribution in [2.45, 2.75) is 38.6 Å². The van der Waals surface area contributed by atoms with Gasteiger partial charge >= 0.3 is 0 Å². The average Bonchev–Trinajstić information content (AvgIpc) is 3.14. The Morgan fingerprint density at radius 1 is 1.30 bits per heavy atom. The summed E-state index contributed by atoms with van der Waals surface area (Å²) in [5.41, 5.74) is 1.19. The van der Waals surface area contributed by atoms with Crippen molar-refractivity contribution in [3.05, 3.63) is 35.6 Å². The third kappa shape index (κ3) is 3.69. The van der Waals surface area contributed by atoms with Crippen LogP contribution in [0.15, 0.2) is 22.9 Å². The molecular formula is C17H23N5O. The summed E-state index contributed by atoms with van der Waals surface area (Å²) in [6.45, 7) is 5.99. The third-order valence-corrected chi connectivity index (χ3v) is 4.63. The van der Waals surface area contributed by atoms with Crippen LogP contribution in [0.4, 0.5) is 5.82 Å². The van der Waals surface area contributed by atoms with Crippen LogP contribution in [-0.2, 0) is 6.54 Å². The SMILES string of the molecule is Cc1ccc(NC[C@H]2CCN(Cc3noc(C4CC4)n3)C2)nc1. The lowest BCUT2D eigenvalue weighted by atomic mass is 10.1. The molecule has 1 aliphatic heterocycles. The minimum absolute atomic E-state index is 0.536. The highest BCUT2D eigenvalue weighted by Gasteiger charge is 2.30. The van der Waals surface area contributed by atoms with E-state index in [9.17, 15) is 0 Å². The fourth-order valence-corrected chi connectivity index (χ4v) is 3.07. The molecule has 2 aromatic heterocycles. The van der Waals surface area contributed by atoms with Crippen LogP contribution in [0.5, 0.6) is 0 Å². The number of likely N-dealkylation sites (tertiary alicyclic amines) is 1. The maximum Gasteiger partial charge on any atom is 0.229 e. The number of pyridine rings is 1. The van der Waals surface area contributed by atoms with Gasteiger partial charge in [0.15, 0.2) is 5.82 Å². The molecule has 6 nitrogen and oxygen atoms in total. The first-order valence-electron chi connectivity index (χ1n) is 8.47. The predicted molar refractivity (Wildman–Crippen MR) is 87.1 cm³/mol. The van der Waals surface area contributed by atoms with E-state index in [0.717, 1.165) is 43.7 Å². The molecule has 3 heterocycles. The van der Waals surface area contributed by atoms with Crippen LogP contribution in [0.25, 0.3) is 0 Å². The highest BCUT2D eigenvalue weighted by atomic mass is 16.5. The molecule has 6 heteroatoms. The zero-order valence-corrected chi connectivity index (χ0v) is 13.5. The molecule has 0 amide bonds. The zero-order chi connectivity index (χ0) is 15.6. The van der Waals surface area contributed by atoms with Crippen molar-refractivity contribution in [2.24, 2.45) is 5.92 Å². The van der Waals surface area contributed by atoms with Crippen LogP contribution in [0.1, 0.15) is 42.5 Å². The van der Waals surface area contributed by atoms with Gasteiger partial charge in [0.25, 0.3) is 0 Å². The van der Waals surface area contributed by atoms with E-state index in [1.54, 1.807) is 0 Å². The molecule has 1 N–H and O–H groups in total. The second-order valence-electron chi connectivity index (χ2n) is 6.81. The van der Waals surface area contributed by atoms with E-state index in [-0.39, 0.29) is 0 Å². The fourth-order valence-electron chi connectivity index (χ4n) is 3.07. The number of nitrogens with one attached hydrogen (secondary N) is 1. The fraction of sp³-hybridized carbons (Fsp3) is 0.588. The molecule has 122 valence electrons. The summed E-state index contributed by atoms with van der Waals surface area (Å²) >= 11 is 0. The summed E-state index contributed by atoms with van der Waals surface area (Å²) in [7, 11) is 0. The Bertz CT molecular complexity index is 649. The van der Waals surface area contributed by atoms with Gasteiger partial charge < -0.3 is 9.84 Å². The predicted octanol–water partition coefficient (Wildman–Crippen LogP) is 2.58. The summed E-state index contributed by atoms with van der Waals surface area (Å²) in [6.07, 6.45) is 5.50. The van der Waals surface area contributed by atoms with Crippen molar-refractivity contribution in [2.75, 3.05) is 25.0 Å². The van der Waals surface area contributed by atoms with E-state index in [2.05, 4.69) is 38.3 Å².